The Morgan fingerprint density at radius 1 is 1.04 bits per heavy atom. The molecule has 0 unspecified atom stereocenters. The Kier molecular flexibility index (Phi) is 5.51. The monoisotopic (exact) mass is 339 g/mol. The molecular weight excluding hydrogens is 318 g/mol. The minimum atomic E-state index is -0.387. The molecule has 130 valence electrons. The Labute approximate surface area is 146 Å². The third kappa shape index (κ3) is 4.73. The van der Waals surface area contributed by atoms with E-state index in [1.807, 2.05) is 60.7 Å². The number of hydrogen-bond acceptors (Lipinski definition) is 3. The molecule has 2 aromatic carbocycles. The van der Waals surface area contributed by atoms with E-state index in [4.69, 9.17) is 4.74 Å². The van der Waals surface area contributed by atoms with Crippen LogP contribution in [-0.4, -0.2) is 37.9 Å². The van der Waals surface area contributed by atoms with E-state index in [0.29, 0.717) is 13.1 Å². The third-order valence-corrected chi connectivity index (χ3v) is 3.97. The molecule has 3 amide bonds. The number of cyclic esters (lactones) is 1. The van der Waals surface area contributed by atoms with E-state index < -0.39 is 0 Å². The van der Waals surface area contributed by atoms with Gasteiger partial charge in [0.2, 0.25) is 0 Å². The van der Waals surface area contributed by atoms with Gasteiger partial charge in [-0.15, -0.1) is 0 Å². The van der Waals surface area contributed by atoms with Crippen molar-refractivity contribution >= 4 is 17.8 Å². The Morgan fingerprint density at radius 3 is 2.44 bits per heavy atom. The van der Waals surface area contributed by atoms with Gasteiger partial charge < -0.3 is 15.4 Å². The number of ether oxygens (including phenoxy) is 1. The number of benzene rings is 2. The molecule has 0 spiro atoms. The van der Waals surface area contributed by atoms with Gasteiger partial charge in [-0.1, -0.05) is 48.5 Å². The standard InChI is InChI=1S/C19H21N3O3/c23-18(20-12-11-15-7-3-1-4-8-15)21-13-17-14-22(19(24)25-17)16-9-5-2-6-10-16/h1-10,17H,11-14H2,(H2,20,21,23)/t17-/m0/s1. The van der Waals surface area contributed by atoms with Crippen LogP contribution in [0.25, 0.3) is 0 Å². The Hall–Kier alpha value is -3.02. The van der Waals surface area contributed by atoms with Gasteiger partial charge in [-0.25, -0.2) is 9.59 Å². The molecule has 2 aromatic rings. The first-order chi connectivity index (χ1) is 12.2. The normalized spacial score (nSPS) is 16.4. The second kappa shape index (κ2) is 8.19. The zero-order chi connectivity index (χ0) is 17.5. The summed E-state index contributed by atoms with van der Waals surface area (Å²) in [6.07, 6.45) is 0.0316. The van der Waals surface area contributed by atoms with Gasteiger partial charge in [0.15, 0.2) is 0 Å². The molecule has 1 aliphatic heterocycles. The first kappa shape index (κ1) is 16.8. The van der Waals surface area contributed by atoms with E-state index >= 15 is 0 Å². The molecule has 1 aliphatic rings. The van der Waals surface area contributed by atoms with E-state index in [9.17, 15) is 9.59 Å². The number of carbonyl (C=O) groups excluding carboxylic acids is 2. The fourth-order valence-corrected chi connectivity index (χ4v) is 2.68. The molecule has 0 saturated carbocycles. The van der Waals surface area contributed by atoms with Crippen molar-refractivity contribution < 1.29 is 14.3 Å². The molecule has 0 aliphatic carbocycles. The quantitative estimate of drug-likeness (QED) is 0.850. The summed E-state index contributed by atoms with van der Waals surface area (Å²) in [5.41, 5.74) is 1.97. The fourth-order valence-electron chi connectivity index (χ4n) is 2.68. The second-order valence-corrected chi connectivity index (χ2v) is 5.82. The highest BCUT2D eigenvalue weighted by Gasteiger charge is 2.32. The first-order valence-electron chi connectivity index (χ1n) is 8.31. The van der Waals surface area contributed by atoms with Gasteiger partial charge in [0, 0.05) is 12.2 Å². The Morgan fingerprint density at radius 2 is 1.72 bits per heavy atom. The van der Waals surface area contributed by atoms with Gasteiger partial charge in [0.25, 0.3) is 0 Å². The average Bonchev–Trinajstić information content (AvgIpc) is 3.02. The summed E-state index contributed by atoms with van der Waals surface area (Å²) in [5, 5.41) is 5.55. The van der Waals surface area contributed by atoms with E-state index in [-0.39, 0.29) is 24.8 Å². The number of para-hydroxylation sites is 1. The lowest BCUT2D eigenvalue weighted by atomic mass is 10.1. The summed E-state index contributed by atoms with van der Waals surface area (Å²) in [7, 11) is 0. The first-order valence-corrected chi connectivity index (χ1v) is 8.31. The fraction of sp³-hybridized carbons (Fsp3) is 0.263. The summed E-state index contributed by atoms with van der Waals surface area (Å²) in [6.45, 7) is 1.26. The SMILES string of the molecule is O=C(NCCc1ccccc1)NC[C@H]1CN(c2ccccc2)C(=O)O1. The van der Waals surface area contributed by atoms with Crippen molar-refractivity contribution in [2.45, 2.75) is 12.5 Å². The second-order valence-electron chi connectivity index (χ2n) is 5.82. The molecule has 0 aromatic heterocycles. The minimum absolute atomic E-state index is 0.259. The summed E-state index contributed by atoms with van der Waals surface area (Å²) < 4.78 is 5.30. The largest absolute Gasteiger partial charge is 0.442 e. The van der Waals surface area contributed by atoms with Crippen LogP contribution in [-0.2, 0) is 11.2 Å². The lowest BCUT2D eigenvalue weighted by Gasteiger charge is -2.13. The molecule has 1 fully saturated rings. The van der Waals surface area contributed by atoms with Crippen LogP contribution in [0.2, 0.25) is 0 Å². The maximum atomic E-state index is 11.9. The number of carbonyl (C=O) groups is 2. The number of nitrogens with one attached hydrogen (secondary N) is 2. The third-order valence-electron chi connectivity index (χ3n) is 3.97. The predicted octanol–water partition coefficient (Wildman–Crippen LogP) is 2.55. The van der Waals surface area contributed by atoms with Crippen LogP contribution in [0.4, 0.5) is 15.3 Å². The van der Waals surface area contributed by atoms with Gasteiger partial charge in [0.1, 0.15) is 6.10 Å². The molecule has 2 N–H and O–H groups in total. The van der Waals surface area contributed by atoms with Gasteiger partial charge in [-0.2, -0.15) is 0 Å². The van der Waals surface area contributed by atoms with Crippen molar-refractivity contribution in [2.24, 2.45) is 0 Å². The van der Waals surface area contributed by atoms with Crippen molar-refractivity contribution in [3.8, 4) is 0 Å². The van der Waals surface area contributed by atoms with Gasteiger partial charge in [-0.05, 0) is 24.1 Å². The highest BCUT2D eigenvalue weighted by molar-refractivity contribution is 5.89. The molecule has 6 nitrogen and oxygen atoms in total. The van der Waals surface area contributed by atoms with Crippen LogP contribution in [0.15, 0.2) is 60.7 Å². The zero-order valence-corrected chi connectivity index (χ0v) is 13.9. The summed E-state index contributed by atoms with van der Waals surface area (Å²) >= 11 is 0. The topological polar surface area (TPSA) is 70.7 Å². The number of rotatable bonds is 6. The Bertz CT molecular complexity index is 706. The molecule has 0 radical (unpaired) electrons. The molecule has 6 heteroatoms. The lowest BCUT2D eigenvalue weighted by Crippen LogP contribution is -2.41. The Balaban J connectivity index is 1.39. The van der Waals surface area contributed by atoms with Crippen LogP contribution < -0.4 is 15.5 Å². The summed E-state index contributed by atoms with van der Waals surface area (Å²) in [4.78, 5) is 25.3. The number of urea groups is 1. The number of nitrogens with zero attached hydrogens (tertiary/aromatic N) is 1. The van der Waals surface area contributed by atoms with Crippen molar-refractivity contribution in [1.82, 2.24) is 10.6 Å². The van der Waals surface area contributed by atoms with E-state index in [0.717, 1.165) is 12.1 Å². The van der Waals surface area contributed by atoms with Gasteiger partial charge in [0.05, 0.1) is 13.1 Å². The van der Waals surface area contributed by atoms with Crippen molar-refractivity contribution in [3.05, 3.63) is 66.2 Å². The molecule has 1 heterocycles. The highest BCUT2D eigenvalue weighted by Crippen LogP contribution is 2.20. The molecule has 1 saturated heterocycles. The van der Waals surface area contributed by atoms with Crippen LogP contribution in [0.3, 0.4) is 0 Å². The van der Waals surface area contributed by atoms with Crippen LogP contribution >= 0.6 is 0 Å². The molecular formula is C19H21N3O3. The maximum Gasteiger partial charge on any atom is 0.414 e. The number of hydrogen-bond donors (Lipinski definition) is 2. The molecule has 1 atom stereocenters. The van der Waals surface area contributed by atoms with Crippen molar-refractivity contribution in [2.75, 3.05) is 24.5 Å². The zero-order valence-electron chi connectivity index (χ0n) is 13.9. The number of amides is 3. The van der Waals surface area contributed by atoms with Gasteiger partial charge in [-0.3, -0.25) is 4.90 Å². The van der Waals surface area contributed by atoms with E-state index in [2.05, 4.69) is 10.6 Å². The molecule has 25 heavy (non-hydrogen) atoms. The lowest BCUT2D eigenvalue weighted by molar-refractivity contribution is 0.140. The van der Waals surface area contributed by atoms with E-state index in [1.165, 1.54) is 5.56 Å². The smallest absolute Gasteiger partial charge is 0.414 e. The molecule has 3 rings (SSSR count). The van der Waals surface area contributed by atoms with Gasteiger partial charge >= 0.3 is 12.1 Å². The van der Waals surface area contributed by atoms with Crippen LogP contribution in [0.1, 0.15) is 5.56 Å². The predicted molar refractivity (Wildman–Crippen MR) is 95.6 cm³/mol. The van der Waals surface area contributed by atoms with Crippen LogP contribution in [0.5, 0.6) is 0 Å². The van der Waals surface area contributed by atoms with Crippen molar-refractivity contribution in [1.29, 1.82) is 0 Å². The molecule has 0 bridgehead atoms. The average molecular weight is 339 g/mol. The van der Waals surface area contributed by atoms with Crippen LogP contribution in [0, 0.1) is 0 Å². The summed E-state index contributed by atoms with van der Waals surface area (Å²) in [6, 6.07) is 19.0. The maximum absolute atomic E-state index is 11.9. The minimum Gasteiger partial charge on any atom is -0.442 e. The van der Waals surface area contributed by atoms with Crippen molar-refractivity contribution in [3.63, 3.8) is 0 Å². The number of anilines is 1. The summed E-state index contributed by atoms with van der Waals surface area (Å²) in [5.74, 6) is 0. The highest BCUT2D eigenvalue weighted by atomic mass is 16.6. The van der Waals surface area contributed by atoms with E-state index in [1.54, 1.807) is 4.90 Å².